The van der Waals surface area contributed by atoms with Crippen molar-refractivity contribution in [3.05, 3.63) is 39.4 Å². The van der Waals surface area contributed by atoms with Gasteiger partial charge in [-0.1, -0.05) is 26.8 Å². The fourth-order valence-electron chi connectivity index (χ4n) is 1.27. The summed E-state index contributed by atoms with van der Waals surface area (Å²) >= 11 is 0. The van der Waals surface area contributed by atoms with Crippen LogP contribution in [0, 0.1) is 10.1 Å². The van der Waals surface area contributed by atoms with Crippen molar-refractivity contribution in [2.45, 2.75) is 26.2 Å². The van der Waals surface area contributed by atoms with Crippen LogP contribution in [0.1, 0.15) is 36.7 Å². The van der Waals surface area contributed by atoms with Crippen LogP contribution in [0.5, 0.6) is 0 Å². The van der Waals surface area contributed by atoms with Gasteiger partial charge in [0.2, 0.25) is 0 Å². The van der Waals surface area contributed by atoms with Gasteiger partial charge in [-0.3, -0.25) is 14.9 Å². The van der Waals surface area contributed by atoms with Gasteiger partial charge >= 0.3 is 0 Å². The molecule has 0 spiro atoms. The van der Waals surface area contributed by atoms with Crippen molar-refractivity contribution in [1.29, 1.82) is 0 Å². The van der Waals surface area contributed by atoms with Crippen LogP contribution in [0.15, 0.2) is 18.2 Å². The number of carbonyl (C=O) groups is 1. The van der Waals surface area contributed by atoms with Gasteiger partial charge in [-0.25, -0.2) is 0 Å². The van der Waals surface area contributed by atoms with Gasteiger partial charge in [0, 0.05) is 6.07 Å². The smallest absolute Gasteiger partial charge is 0.280 e. The van der Waals surface area contributed by atoms with E-state index in [9.17, 15) is 14.9 Å². The normalized spacial score (nSPS) is 11.1. The Balaban J connectivity index is 3.35. The second-order valence-corrected chi connectivity index (χ2v) is 4.40. The lowest BCUT2D eigenvalue weighted by atomic mass is 9.86. The standard InChI is InChI=1S/C11H13NO3/c1-11(2,3)9-5-4-8(7-13)10(6-9)12(14)15/h4-7H,1-3H3. The van der Waals surface area contributed by atoms with Crippen molar-refractivity contribution in [3.63, 3.8) is 0 Å². The van der Waals surface area contributed by atoms with Crippen LogP contribution in [0.25, 0.3) is 0 Å². The molecule has 4 heteroatoms. The molecule has 1 aromatic rings. The van der Waals surface area contributed by atoms with Gasteiger partial charge < -0.3 is 0 Å². The van der Waals surface area contributed by atoms with Crippen LogP contribution in [0.2, 0.25) is 0 Å². The summed E-state index contributed by atoms with van der Waals surface area (Å²) in [7, 11) is 0. The van der Waals surface area contributed by atoms with E-state index in [0.717, 1.165) is 5.56 Å². The van der Waals surface area contributed by atoms with Crippen LogP contribution in [-0.2, 0) is 5.41 Å². The molecule has 80 valence electrons. The molecule has 0 aromatic heterocycles. The third kappa shape index (κ3) is 2.40. The van der Waals surface area contributed by atoms with Crippen molar-refractivity contribution in [2.75, 3.05) is 0 Å². The van der Waals surface area contributed by atoms with E-state index in [0.29, 0.717) is 6.29 Å². The van der Waals surface area contributed by atoms with Crippen molar-refractivity contribution in [1.82, 2.24) is 0 Å². The van der Waals surface area contributed by atoms with Gasteiger partial charge in [0.25, 0.3) is 5.69 Å². The SMILES string of the molecule is CC(C)(C)c1ccc(C=O)c([N+](=O)[O-])c1. The molecule has 0 N–H and O–H groups in total. The molecule has 15 heavy (non-hydrogen) atoms. The number of hydrogen-bond acceptors (Lipinski definition) is 3. The second-order valence-electron chi connectivity index (χ2n) is 4.40. The Morgan fingerprint density at radius 3 is 2.33 bits per heavy atom. The first-order chi connectivity index (χ1) is 6.86. The van der Waals surface area contributed by atoms with E-state index in [1.165, 1.54) is 12.1 Å². The summed E-state index contributed by atoms with van der Waals surface area (Å²) in [6.45, 7) is 5.89. The largest absolute Gasteiger partial charge is 0.298 e. The number of aldehydes is 1. The lowest BCUT2D eigenvalue weighted by Gasteiger charge is -2.18. The third-order valence-electron chi connectivity index (χ3n) is 2.22. The lowest BCUT2D eigenvalue weighted by molar-refractivity contribution is -0.385. The minimum Gasteiger partial charge on any atom is -0.298 e. The van der Waals surface area contributed by atoms with E-state index in [2.05, 4.69) is 0 Å². The molecule has 1 aromatic carbocycles. The molecule has 0 amide bonds. The van der Waals surface area contributed by atoms with Crippen molar-refractivity contribution in [2.24, 2.45) is 0 Å². The Bertz CT molecular complexity index is 405. The molecule has 0 saturated carbocycles. The van der Waals surface area contributed by atoms with Crippen molar-refractivity contribution < 1.29 is 9.72 Å². The van der Waals surface area contributed by atoms with E-state index in [1.54, 1.807) is 6.07 Å². The number of carbonyl (C=O) groups excluding carboxylic acids is 1. The molecule has 4 nitrogen and oxygen atoms in total. The van der Waals surface area contributed by atoms with Gasteiger partial charge in [0.15, 0.2) is 6.29 Å². The zero-order valence-corrected chi connectivity index (χ0v) is 8.98. The minimum absolute atomic E-state index is 0.119. The number of benzene rings is 1. The second kappa shape index (κ2) is 3.81. The summed E-state index contributed by atoms with van der Waals surface area (Å²) in [6.07, 6.45) is 0.505. The maximum absolute atomic E-state index is 10.7. The minimum atomic E-state index is -0.529. The molecular formula is C11H13NO3. The predicted octanol–water partition coefficient (Wildman–Crippen LogP) is 2.70. The number of nitro benzene ring substituents is 1. The average Bonchev–Trinajstić information content (AvgIpc) is 2.15. The molecular weight excluding hydrogens is 194 g/mol. The average molecular weight is 207 g/mol. The van der Waals surface area contributed by atoms with Gasteiger partial charge in [-0.2, -0.15) is 0 Å². The number of rotatable bonds is 2. The first kappa shape index (κ1) is 11.4. The summed E-state index contributed by atoms with van der Waals surface area (Å²) in [5, 5.41) is 10.7. The van der Waals surface area contributed by atoms with Crippen LogP contribution >= 0.6 is 0 Å². The quantitative estimate of drug-likeness (QED) is 0.425. The molecule has 0 atom stereocenters. The first-order valence-electron chi connectivity index (χ1n) is 4.60. The zero-order chi connectivity index (χ0) is 11.6. The third-order valence-corrected chi connectivity index (χ3v) is 2.22. The van der Waals surface area contributed by atoms with Gasteiger partial charge in [0.1, 0.15) is 0 Å². The monoisotopic (exact) mass is 207 g/mol. The van der Waals surface area contributed by atoms with Gasteiger partial charge in [-0.05, 0) is 17.0 Å². The molecule has 0 unspecified atom stereocenters. The highest BCUT2D eigenvalue weighted by molar-refractivity contribution is 5.81. The highest BCUT2D eigenvalue weighted by Crippen LogP contribution is 2.27. The molecule has 0 heterocycles. The molecule has 0 bridgehead atoms. The molecule has 0 aliphatic carbocycles. The van der Waals surface area contributed by atoms with E-state index >= 15 is 0 Å². The summed E-state index contributed by atoms with van der Waals surface area (Å²) in [4.78, 5) is 20.8. The summed E-state index contributed by atoms with van der Waals surface area (Å²) < 4.78 is 0. The van der Waals surface area contributed by atoms with Crippen LogP contribution < -0.4 is 0 Å². The van der Waals surface area contributed by atoms with E-state index in [-0.39, 0.29) is 16.7 Å². The molecule has 1 rings (SSSR count). The number of hydrogen-bond donors (Lipinski definition) is 0. The van der Waals surface area contributed by atoms with E-state index < -0.39 is 4.92 Å². The fourth-order valence-corrected chi connectivity index (χ4v) is 1.27. The van der Waals surface area contributed by atoms with Crippen molar-refractivity contribution in [3.8, 4) is 0 Å². The molecule has 0 fully saturated rings. The molecule has 0 saturated heterocycles. The van der Waals surface area contributed by atoms with Crippen molar-refractivity contribution >= 4 is 12.0 Å². The lowest BCUT2D eigenvalue weighted by Crippen LogP contribution is -2.11. The summed E-state index contributed by atoms with van der Waals surface area (Å²) in [5.41, 5.74) is 0.678. The Morgan fingerprint density at radius 1 is 1.33 bits per heavy atom. The molecule has 0 aliphatic rings. The van der Waals surface area contributed by atoms with E-state index in [1.807, 2.05) is 20.8 Å². The van der Waals surface area contributed by atoms with Gasteiger partial charge in [-0.15, -0.1) is 0 Å². The van der Waals surface area contributed by atoms with Crippen LogP contribution in [-0.4, -0.2) is 11.2 Å². The number of nitro groups is 1. The number of nitrogens with zero attached hydrogens (tertiary/aromatic N) is 1. The topological polar surface area (TPSA) is 60.2 Å². The molecule has 0 aliphatic heterocycles. The maximum Gasteiger partial charge on any atom is 0.280 e. The highest BCUT2D eigenvalue weighted by atomic mass is 16.6. The Morgan fingerprint density at radius 2 is 1.93 bits per heavy atom. The fraction of sp³-hybridized carbons (Fsp3) is 0.364. The molecule has 0 radical (unpaired) electrons. The summed E-state index contributed by atoms with van der Waals surface area (Å²) in [6, 6.07) is 4.70. The van der Waals surface area contributed by atoms with Gasteiger partial charge in [0.05, 0.1) is 10.5 Å². The first-order valence-corrected chi connectivity index (χ1v) is 4.60. The Hall–Kier alpha value is -1.71. The highest BCUT2D eigenvalue weighted by Gasteiger charge is 2.20. The Labute approximate surface area is 88.1 Å². The zero-order valence-electron chi connectivity index (χ0n) is 8.98. The maximum atomic E-state index is 10.7. The predicted molar refractivity (Wildman–Crippen MR) is 57.2 cm³/mol. The van der Waals surface area contributed by atoms with Crippen LogP contribution in [0.3, 0.4) is 0 Å². The summed E-state index contributed by atoms with van der Waals surface area (Å²) in [5.74, 6) is 0. The Kier molecular flexibility index (Phi) is 2.88. The van der Waals surface area contributed by atoms with Crippen LogP contribution in [0.4, 0.5) is 5.69 Å². The van der Waals surface area contributed by atoms with E-state index in [4.69, 9.17) is 0 Å².